The summed E-state index contributed by atoms with van der Waals surface area (Å²) in [5.41, 5.74) is 1.27. The third kappa shape index (κ3) is 7.39. The third-order valence-corrected chi connectivity index (χ3v) is 4.79. The molecule has 0 spiro atoms. The average molecular weight is 377 g/mol. The molecule has 1 saturated heterocycles. The molecule has 1 aromatic carbocycles. The van der Waals surface area contributed by atoms with Crippen LogP contribution in [0.4, 0.5) is 0 Å². The number of rotatable bonds is 11. The maximum atomic E-state index is 5.43. The number of guanidine groups is 1. The van der Waals surface area contributed by atoms with Gasteiger partial charge in [-0.15, -0.1) is 0 Å². The minimum absolute atomic E-state index is 0.279. The van der Waals surface area contributed by atoms with Gasteiger partial charge in [0.05, 0.1) is 19.7 Å². The van der Waals surface area contributed by atoms with Crippen molar-refractivity contribution in [3.8, 4) is 5.75 Å². The van der Waals surface area contributed by atoms with Crippen LogP contribution in [-0.4, -0.2) is 63.9 Å². The van der Waals surface area contributed by atoms with Gasteiger partial charge >= 0.3 is 0 Å². The van der Waals surface area contributed by atoms with Gasteiger partial charge in [-0.3, -0.25) is 9.89 Å². The highest BCUT2D eigenvalue weighted by molar-refractivity contribution is 5.79. The molecule has 27 heavy (non-hydrogen) atoms. The second-order valence-corrected chi connectivity index (χ2v) is 6.73. The minimum atomic E-state index is 0.279. The van der Waals surface area contributed by atoms with E-state index >= 15 is 0 Å². The largest absolute Gasteiger partial charge is 0.497 e. The lowest BCUT2D eigenvalue weighted by atomic mass is 10.1. The quantitative estimate of drug-likeness (QED) is 0.353. The summed E-state index contributed by atoms with van der Waals surface area (Å²) >= 11 is 0. The molecule has 0 amide bonds. The van der Waals surface area contributed by atoms with Crippen molar-refractivity contribution in [1.29, 1.82) is 0 Å². The Kier molecular flexibility index (Phi) is 10.0. The van der Waals surface area contributed by atoms with Crippen LogP contribution < -0.4 is 15.4 Å². The predicted octanol–water partition coefficient (Wildman–Crippen LogP) is 2.81. The zero-order valence-electron chi connectivity index (χ0n) is 17.2. The number of ether oxygens (including phenoxy) is 2. The van der Waals surface area contributed by atoms with E-state index in [0.717, 1.165) is 64.1 Å². The Morgan fingerprint density at radius 2 is 2.04 bits per heavy atom. The molecule has 2 N–H and O–H groups in total. The van der Waals surface area contributed by atoms with E-state index < -0.39 is 0 Å². The Balaban J connectivity index is 2.03. The number of aliphatic imine (C=N–C) groups is 1. The summed E-state index contributed by atoms with van der Waals surface area (Å²) < 4.78 is 10.8. The number of nitrogens with one attached hydrogen (secondary N) is 2. The summed E-state index contributed by atoms with van der Waals surface area (Å²) in [7, 11) is 1.72. The number of hydrogen-bond acceptors (Lipinski definition) is 4. The molecule has 6 heteroatoms. The highest BCUT2D eigenvalue weighted by Gasteiger charge is 2.23. The van der Waals surface area contributed by atoms with E-state index in [1.807, 2.05) is 13.0 Å². The van der Waals surface area contributed by atoms with Crippen molar-refractivity contribution in [2.24, 2.45) is 4.99 Å². The van der Waals surface area contributed by atoms with Crippen LogP contribution in [0.2, 0.25) is 0 Å². The average Bonchev–Trinajstić information content (AvgIpc) is 3.22. The molecule has 0 aromatic heterocycles. The van der Waals surface area contributed by atoms with E-state index in [4.69, 9.17) is 14.5 Å². The SMILES string of the molecule is CCNC(=NCC(c1cccc(OC)c1)N1CCCC1)NCCCOCC. The monoisotopic (exact) mass is 376 g/mol. The van der Waals surface area contributed by atoms with Crippen LogP contribution >= 0.6 is 0 Å². The second kappa shape index (κ2) is 12.6. The van der Waals surface area contributed by atoms with Crippen molar-refractivity contribution in [1.82, 2.24) is 15.5 Å². The summed E-state index contributed by atoms with van der Waals surface area (Å²) in [6.45, 7) is 10.4. The van der Waals surface area contributed by atoms with Gasteiger partial charge < -0.3 is 20.1 Å². The van der Waals surface area contributed by atoms with Crippen LogP contribution in [0, 0.1) is 0 Å². The van der Waals surface area contributed by atoms with Crippen molar-refractivity contribution in [2.75, 3.05) is 53.0 Å². The van der Waals surface area contributed by atoms with Gasteiger partial charge in [0.1, 0.15) is 5.75 Å². The summed E-state index contributed by atoms with van der Waals surface area (Å²) in [4.78, 5) is 7.42. The fourth-order valence-corrected chi connectivity index (χ4v) is 3.38. The van der Waals surface area contributed by atoms with Gasteiger partial charge in [-0.2, -0.15) is 0 Å². The molecule has 1 fully saturated rings. The topological polar surface area (TPSA) is 58.1 Å². The number of likely N-dealkylation sites (tertiary alicyclic amines) is 1. The normalized spacial score (nSPS) is 16.3. The highest BCUT2D eigenvalue weighted by atomic mass is 16.5. The van der Waals surface area contributed by atoms with Crippen LogP contribution in [0.15, 0.2) is 29.3 Å². The van der Waals surface area contributed by atoms with Gasteiger partial charge in [0.2, 0.25) is 0 Å². The maximum absolute atomic E-state index is 5.43. The van der Waals surface area contributed by atoms with Crippen LogP contribution in [0.25, 0.3) is 0 Å². The van der Waals surface area contributed by atoms with Gasteiger partial charge in [0.25, 0.3) is 0 Å². The summed E-state index contributed by atoms with van der Waals surface area (Å²) in [6.07, 6.45) is 3.50. The number of benzene rings is 1. The number of methoxy groups -OCH3 is 1. The Morgan fingerprint density at radius 3 is 2.74 bits per heavy atom. The third-order valence-electron chi connectivity index (χ3n) is 4.79. The van der Waals surface area contributed by atoms with Crippen molar-refractivity contribution in [3.05, 3.63) is 29.8 Å². The number of hydrogen-bond donors (Lipinski definition) is 2. The molecule has 1 aromatic rings. The lowest BCUT2D eigenvalue weighted by Crippen LogP contribution is -2.39. The van der Waals surface area contributed by atoms with E-state index in [1.54, 1.807) is 7.11 Å². The molecule has 0 aliphatic carbocycles. The maximum Gasteiger partial charge on any atom is 0.191 e. The summed E-state index contributed by atoms with van der Waals surface area (Å²) in [5, 5.41) is 6.76. The Bertz CT molecular complexity index is 559. The van der Waals surface area contributed by atoms with Gasteiger partial charge in [-0.05, 0) is 63.9 Å². The first-order chi connectivity index (χ1) is 13.3. The van der Waals surface area contributed by atoms with E-state index in [-0.39, 0.29) is 6.04 Å². The van der Waals surface area contributed by atoms with Gasteiger partial charge in [0, 0.05) is 26.3 Å². The lowest BCUT2D eigenvalue weighted by molar-refractivity contribution is 0.145. The minimum Gasteiger partial charge on any atom is -0.497 e. The first-order valence-corrected chi connectivity index (χ1v) is 10.3. The van der Waals surface area contributed by atoms with Crippen molar-refractivity contribution in [2.45, 2.75) is 39.2 Å². The van der Waals surface area contributed by atoms with E-state index in [1.165, 1.54) is 18.4 Å². The summed E-state index contributed by atoms with van der Waals surface area (Å²) in [5.74, 6) is 1.78. The van der Waals surface area contributed by atoms with E-state index in [0.29, 0.717) is 0 Å². The van der Waals surface area contributed by atoms with Crippen LogP contribution in [0.5, 0.6) is 5.75 Å². The Hall–Kier alpha value is -1.79. The molecular weight excluding hydrogens is 340 g/mol. The zero-order valence-corrected chi connectivity index (χ0v) is 17.2. The van der Waals surface area contributed by atoms with Crippen molar-refractivity contribution in [3.63, 3.8) is 0 Å². The molecule has 1 heterocycles. The number of nitrogens with zero attached hydrogens (tertiary/aromatic N) is 2. The van der Waals surface area contributed by atoms with Gasteiger partial charge in [-0.1, -0.05) is 12.1 Å². The molecule has 1 aliphatic rings. The molecule has 0 bridgehead atoms. The molecular formula is C21H36N4O2. The fraction of sp³-hybridized carbons (Fsp3) is 0.667. The van der Waals surface area contributed by atoms with Crippen LogP contribution in [0.3, 0.4) is 0 Å². The Morgan fingerprint density at radius 1 is 1.22 bits per heavy atom. The smallest absolute Gasteiger partial charge is 0.191 e. The van der Waals surface area contributed by atoms with E-state index in [9.17, 15) is 0 Å². The Labute approximate surface area is 164 Å². The van der Waals surface area contributed by atoms with Crippen molar-refractivity contribution < 1.29 is 9.47 Å². The molecule has 152 valence electrons. The fourth-order valence-electron chi connectivity index (χ4n) is 3.38. The predicted molar refractivity (Wildman–Crippen MR) is 112 cm³/mol. The van der Waals surface area contributed by atoms with Crippen LogP contribution in [0.1, 0.15) is 44.7 Å². The van der Waals surface area contributed by atoms with Crippen LogP contribution in [-0.2, 0) is 4.74 Å². The van der Waals surface area contributed by atoms with Gasteiger partial charge in [-0.25, -0.2) is 0 Å². The molecule has 1 aliphatic heterocycles. The highest BCUT2D eigenvalue weighted by Crippen LogP contribution is 2.27. The van der Waals surface area contributed by atoms with Gasteiger partial charge in [0.15, 0.2) is 5.96 Å². The first kappa shape index (κ1) is 21.5. The molecule has 1 unspecified atom stereocenters. The standard InChI is InChI=1S/C21H36N4O2/c1-4-22-21(23-12-9-15-27-5-2)24-17-20(25-13-6-7-14-25)18-10-8-11-19(16-18)26-3/h8,10-11,16,20H,4-7,9,12-15,17H2,1-3H3,(H2,22,23,24). The molecule has 6 nitrogen and oxygen atoms in total. The van der Waals surface area contributed by atoms with E-state index in [2.05, 4.69) is 40.7 Å². The summed E-state index contributed by atoms with van der Waals surface area (Å²) in [6, 6.07) is 8.67. The lowest BCUT2D eigenvalue weighted by Gasteiger charge is -2.27. The molecule has 1 atom stereocenters. The zero-order chi connectivity index (χ0) is 19.3. The molecule has 2 rings (SSSR count). The molecule has 0 saturated carbocycles. The molecule has 0 radical (unpaired) electrons. The second-order valence-electron chi connectivity index (χ2n) is 6.73. The van der Waals surface area contributed by atoms with Crippen molar-refractivity contribution >= 4 is 5.96 Å². The first-order valence-electron chi connectivity index (χ1n) is 10.3.